The monoisotopic (exact) mass is 615 g/mol. The molecule has 1 aromatic rings. The highest BCUT2D eigenvalue weighted by Gasteiger charge is 2.10. The molecule has 4 nitrogen and oxygen atoms in total. The Balaban J connectivity index is 2.20. The lowest BCUT2D eigenvalue weighted by Crippen LogP contribution is -2.22. The molecule has 28 heavy (non-hydrogen) atoms. The Morgan fingerprint density at radius 1 is 0.964 bits per heavy atom. The van der Waals surface area contributed by atoms with Gasteiger partial charge in [-0.05, 0) is 69.3 Å². The summed E-state index contributed by atoms with van der Waals surface area (Å²) in [5.74, 6) is 0.996. The van der Waals surface area contributed by atoms with Crippen molar-refractivity contribution in [1.29, 1.82) is 0 Å². The van der Waals surface area contributed by atoms with E-state index in [9.17, 15) is 4.79 Å². The van der Waals surface area contributed by atoms with E-state index in [4.69, 9.17) is 9.84 Å². The van der Waals surface area contributed by atoms with Gasteiger partial charge in [0.25, 0.3) is 0 Å². The quantitative estimate of drug-likeness (QED) is 0.172. The number of aliphatic hydroxyl groups is 1. The minimum absolute atomic E-state index is 0.135. The predicted molar refractivity (Wildman–Crippen MR) is 133 cm³/mol. The summed E-state index contributed by atoms with van der Waals surface area (Å²) in [6, 6.07) is 4.10. The van der Waals surface area contributed by atoms with Gasteiger partial charge < -0.3 is 15.2 Å². The molecule has 0 spiro atoms. The van der Waals surface area contributed by atoms with Crippen LogP contribution in [0.25, 0.3) is 0 Å². The van der Waals surface area contributed by atoms with E-state index in [0.717, 1.165) is 31.3 Å². The second-order valence-corrected chi connectivity index (χ2v) is 9.49. The van der Waals surface area contributed by atoms with Crippen molar-refractivity contribution < 1.29 is 14.6 Å². The van der Waals surface area contributed by atoms with Crippen molar-refractivity contribution in [1.82, 2.24) is 5.32 Å². The number of unbranched alkanes of at least 4 members (excludes halogenated alkanes) is 8. The fraction of sp³-hybridized carbons (Fsp3) is 0.682. The third-order valence-corrected chi connectivity index (χ3v) is 6.21. The van der Waals surface area contributed by atoms with Crippen LogP contribution in [0.5, 0.6) is 5.75 Å². The minimum Gasteiger partial charge on any atom is -0.491 e. The molecule has 0 atom stereocenters. The fourth-order valence-electron chi connectivity index (χ4n) is 2.98. The number of nitrogens with one attached hydrogen (secondary N) is 1. The van der Waals surface area contributed by atoms with Gasteiger partial charge in [-0.1, -0.05) is 58.3 Å². The first-order chi connectivity index (χ1) is 13.6. The summed E-state index contributed by atoms with van der Waals surface area (Å²) < 4.78 is 7.80. The van der Waals surface area contributed by atoms with Crippen LogP contribution < -0.4 is 10.1 Å². The van der Waals surface area contributed by atoms with Crippen molar-refractivity contribution in [2.75, 3.05) is 13.2 Å². The molecule has 0 unspecified atom stereocenters. The van der Waals surface area contributed by atoms with Gasteiger partial charge in [0.05, 0.1) is 13.7 Å². The van der Waals surface area contributed by atoms with Crippen molar-refractivity contribution in [3.8, 4) is 5.75 Å². The third kappa shape index (κ3) is 11.8. The molecule has 1 aromatic carbocycles. The average Bonchev–Trinajstić information content (AvgIpc) is 2.67. The van der Waals surface area contributed by atoms with Crippen molar-refractivity contribution in [3.05, 3.63) is 24.8 Å². The summed E-state index contributed by atoms with van der Waals surface area (Å²) in [4.78, 5) is 12.1. The molecule has 1 rings (SSSR count). The highest BCUT2D eigenvalue weighted by Crippen LogP contribution is 2.29. The van der Waals surface area contributed by atoms with E-state index in [1.807, 2.05) is 0 Å². The van der Waals surface area contributed by atoms with Crippen molar-refractivity contribution >= 4 is 51.1 Å². The van der Waals surface area contributed by atoms with Crippen molar-refractivity contribution in [2.24, 2.45) is 0 Å². The summed E-state index contributed by atoms with van der Waals surface area (Å²) >= 11 is 4.52. The first kappa shape index (κ1) is 25.9. The van der Waals surface area contributed by atoms with Gasteiger partial charge >= 0.3 is 0 Å². The van der Waals surface area contributed by atoms with E-state index in [0.29, 0.717) is 26.0 Å². The molecule has 0 aliphatic carbocycles. The van der Waals surface area contributed by atoms with Gasteiger partial charge in [0.1, 0.15) is 5.75 Å². The number of benzene rings is 1. The molecule has 0 fully saturated rings. The van der Waals surface area contributed by atoms with Gasteiger partial charge in [0.15, 0.2) is 0 Å². The molecule has 0 aliphatic heterocycles. The Bertz CT molecular complexity index is 544. The molecule has 0 saturated heterocycles. The van der Waals surface area contributed by atoms with Gasteiger partial charge in [-0.3, -0.25) is 4.79 Å². The number of ether oxygens (including phenoxy) is 1. The van der Waals surface area contributed by atoms with E-state index < -0.39 is 0 Å². The van der Waals surface area contributed by atoms with E-state index in [1.165, 1.54) is 44.9 Å². The van der Waals surface area contributed by atoms with Crippen LogP contribution >= 0.6 is 45.2 Å². The topological polar surface area (TPSA) is 58.6 Å². The molecule has 0 bridgehead atoms. The van der Waals surface area contributed by atoms with Crippen LogP contribution in [0, 0.1) is 7.14 Å². The number of carbonyl (C=O) groups excluding carboxylic acids is 1. The Kier molecular flexibility index (Phi) is 15.5. The number of hydrogen-bond acceptors (Lipinski definition) is 3. The highest BCUT2D eigenvalue weighted by molar-refractivity contribution is 14.1. The summed E-state index contributed by atoms with van der Waals surface area (Å²) in [7, 11) is 0. The molecule has 2 N–H and O–H groups in total. The second-order valence-electron chi connectivity index (χ2n) is 7.17. The number of halogens is 2. The molecule has 0 radical (unpaired) electrons. The molecule has 0 heterocycles. The Hall–Kier alpha value is -0.0900. The number of rotatable bonds is 16. The van der Waals surface area contributed by atoms with Gasteiger partial charge in [-0.25, -0.2) is 0 Å². The molecule has 1 amide bonds. The van der Waals surface area contributed by atoms with Gasteiger partial charge in [0, 0.05) is 26.0 Å². The largest absolute Gasteiger partial charge is 0.491 e. The molecule has 0 aliphatic rings. The molecule has 6 heteroatoms. The zero-order valence-electron chi connectivity index (χ0n) is 17.1. The first-order valence-corrected chi connectivity index (χ1v) is 12.7. The lowest BCUT2D eigenvalue weighted by molar-refractivity contribution is -0.121. The Labute approximate surface area is 197 Å². The second kappa shape index (κ2) is 16.7. The van der Waals surface area contributed by atoms with Crippen LogP contribution in [0.4, 0.5) is 0 Å². The average molecular weight is 615 g/mol. The van der Waals surface area contributed by atoms with Crippen LogP contribution in [0.2, 0.25) is 0 Å². The minimum atomic E-state index is 0.135. The van der Waals surface area contributed by atoms with Crippen molar-refractivity contribution in [2.45, 2.75) is 84.1 Å². The molecule has 160 valence electrons. The standard InChI is InChI=1S/C22H35I2NO3/c1-2-3-4-5-6-7-8-9-10-12-21(27)25-17-18-15-19(23)22(20(24)16-18)28-14-11-13-26/h15-16,26H,2-14,17H2,1H3,(H,25,27). The lowest BCUT2D eigenvalue weighted by Gasteiger charge is -2.12. The predicted octanol–water partition coefficient (Wildman–Crippen LogP) is 6.19. The maximum absolute atomic E-state index is 12.1. The number of aliphatic hydroxyl groups excluding tert-OH is 1. The summed E-state index contributed by atoms with van der Waals surface area (Å²) in [5, 5.41) is 11.9. The summed E-state index contributed by atoms with van der Waals surface area (Å²) in [5.41, 5.74) is 1.09. The first-order valence-electron chi connectivity index (χ1n) is 10.6. The van der Waals surface area contributed by atoms with Gasteiger partial charge in [-0.15, -0.1) is 0 Å². The van der Waals surface area contributed by atoms with Crippen LogP contribution in [-0.2, 0) is 11.3 Å². The van der Waals surface area contributed by atoms with Gasteiger partial charge in [-0.2, -0.15) is 0 Å². The van der Waals surface area contributed by atoms with Gasteiger partial charge in [0.2, 0.25) is 5.91 Å². The Morgan fingerprint density at radius 2 is 1.54 bits per heavy atom. The van der Waals surface area contributed by atoms with Crippen LogP contribution in [0.3, 0.4) is 0 Å². The zero-order valence-corrected chi connectivity index (χ0v) is 21.4. The zero-order chi connectivity index (χ0) is 20.6. The number of amides is 1. The van der Waals surface area contributed by atoms with E-state index >= 15 is 0 Å². The normalized spacial score (nSPS) is 10.9. The highest BCUT2D eigenvalue weighted by atomic mass is 127. The maximum atomic E-state index is 12.1. The summed E-state index contributed by atoms with van der Waals surface area (Å²) in [6.07, 6.45) is 12.6. The lowest BCUT2D eigenvalue weighted by atomic mass is 10.1. The molecular weight excluding hydrogens is 580 g/mol. The van der Waals surface area contributed by atoms with Crippen molar-refractivity contribution in [3.63, 3.8) is 0 Å². The smallest absolute Gasteiger partial charge is 0.220 e. The molecule has 0 aromatic heterocycles. The van der Waals surface area contributed by atoms with E-state index in [2.05, 4.69) is 69.6 Å². The molecule has 0 saturated carbocycles. The van der Waals surface area contributed by atoms with Crippen LogP contribution in [-0.4, -0.2) is 24.2 Å². The molecular formula is C22H35I2NO3. The summed E-state index contributed by atoms with van der Waals surface area (Å²) in [6.45, 7) is 3.45. The van der Waals surface area contributed by atoms with E-state index in [-0.39, 0.29) is 12.5 Å². The third-order valence-electron chi connectivity index (χ3n) is 4.60. The Morgan fingerprint density at radius 3 is 2.11 bits per heavy atom. The number of hydrogen-bond donors (Lipinski definition) is 2. The maximum Gasteiger partial charge on any atom is 0.220 e. The van der Waals surface area contributed by atoms with E-state index in [1.54, 1.807) is 0 Å². The van der Waals surface area contributed by atoms with Crippen LogP contribution in [0.1, 0.15) is 83.1 Å². The van der Waals surface area contributed by atoms with Crippen LogP contribution in [0.15, 0.2) is 12.1 Å². The SMILES string of the molecule is CCCCCCCCCCCC(=O)NCc1cc(I)c(OCCCO)c(I)c1. The fourth-order valence-corrected chi connectivity index (χ4v) is 5.18. The number of carbonyl (C=O) groups is 1.